The molecule has 4 nitrogen and oxygen atoms in total. The quantitative estimate of drug-likeness (QED) is 0.784. The van der Waals surface area contributed by atoms with Gasteiger partial charge in [-0.1, -0.05) is 6.92 Å². The average molecular weight is 338 g/mol. The third-order valence-corrected chi connectivity index (χ3v) is 3.45. The Morgan fingerprint density at radius 2 is 2.30 bits per heavy atom. The van der Waals surface area contributed by atoms with Gasteiger partial charge in [0, 0.05) is 41.9 Å². The number of nitrogens with one attached hydrogen (secondary N) is 1. The minimum Gasteiger partial charge on any atom is -0.472 e. The molecule has 0 amide bonds. The van der Waals surface area contributed by atoms with Crippen LogP contribution in [-0.2, 0) is 13.1 Å². The lowest BCUT2D eigenvalue weighted by Crippen LogP contribution is -2.22. The third-order valence-electron chi connectivity index (χ3n) is 3.01. The lowest BCUT2D eigenvalue weighted by atomic mass is 10.2. The molecule has 0 spiro atoms. The molecule has 0 unspecified atom stereocenters. The summed E-state index contributed by atoms with van der Waals surface area (Å²) in [7, 11) is 2.05. The molecule has 108 valence electrons. The van der Waals surface area contributed by atoms with Crippen molar-refractivity contribution in [1.82, 2.24) is 10.3 Å². The Morgan fingerprint density at radius 3 is 3.00 bits per heavy atom. The Bertz CT molecular complexity index is 528. The maximum absolute atomic E-state index is 5.11. The molecule has 0 bridgehead atoms. The van der Waals surface area contributed by atoms with Gasteiger partial charge >= 0.3 is 0 Å². The summed E-state index contributed by atoms with van der Waals surface area (Å²) in [6.45, 7) is 4.78. The highest BCUT2D eigenvalue weighted by atomic mass is 79.9. The summed E-state index contributed by atoms with van der Waals surface area (Å²) in [6, 6.07) is 4.10. The molecule has 2 heterocycles. The number of rotatable bonds is 7. The smallest absolute Gasteiger partial charge is 0.133 e. The van der Waals surface area contributed by atoms with Crippen LogP contribution in [0.4, 0.5) is 5.82 Å². The minimum absolute atomic E-state index is 0.784. The molecular weight excluding hydrogens is 318 g/mol. The highest BCUT2D eigenvalue weighted by molar-refractivity contribution is 9.10. The molecule has 2 rings (SSSR count). The molecule has 0 radical (unpaired) electrons. The molecule has 1 N–H and O–H groups in total. The van der Waals surface area contributed by atoms with Crippen molar-refractivity contribution in [1.29, 1.82) is 0 Å². The van der Waals surface area contributed by atoms with Gasteiger partial charge in [-0.25, -0.2) is 4.98 Å². The van der Waals surface area contributed by atoms with E-state index in [0.29, 0.717) is 0 Å². The van der Waals surface area contributed by atoms with Gasteiger partial charge in [-0.2, -0.15) is 0 Å². The van der Waals surface area contributed by atoms with Crippen LogP contribution in [0, 0.1) is 0 Å². The van der Waals surface area contributed by atoms with Crippen LogP contribution in [0.15, 0.2) is 39.7 Å². The number of halogens is 1. The molecule has 5 heteroatoms. The SMILES string of the molecule is CCCNCc1cc(Br)cnc1N(C)Cc1ccoc1. The van der Waals surface area contributed by atoms with Crippen LogP contribution >= 0.6 is 15.9 Å². The van der Waals surface area contributed by atoms with E-state index >= 15 is 0 Å². The topological polar surface area (TPSA) is 41.3 Å². The fourth-order valence-electron chi connectivity index (χ4n) is 2.08. The zero-order valence-corrected chi connectivity index (χ0v) is 13.5. The van der Waals surface area contributed by atoms with Gasteiger partial charge in [0.1, 0.15) is 5.82 Å². The first kappa shape index (κ1) is 15.1. The first-order valence-corrected chi connectivity index (χ1v) is 7.57. The van der Waals surface area contributed by atoms with Crippen LogP contribution < -0.4 is 10.2 Å². The lowest BCUT2D eigenvalue weighted by molar-refractivity contribution is 0.563. The van der Waals surface area contributed by atoms with Gasteiger partial charge in [0.05, 0.1) is 12.5 Å². The second-order valence-corrected chi connectivity index (χ2v) is 5.72. The van der Waals surface area contributed by atoms with Gasteiger partial charge in [-0.3, -0.25) is 0 Å². The molecule has 2 aromatic heterocycles. The van der Waals surface area contributed by atoms with E-state index in [1.54, 1.807) is 12.5 Å². The molecule has 0 aliphatic rings. The maximum Gasteiger partial charge on any atom is 0.133 e. The van der Waals surface area contributed by atoms with Crippen LogP contribution in [0.1, 0.15) is 24.5 Å². The number of nitrogens with zero attached hydrogens (tertiary/aromatic N) is 2. The summed E-state index contributed by atoms with van der Waals surface area (Å²) < 4.78 is 6.12. The van der Waals surface area contributed by atoms with E-state index in [0.717, 1.165) is 41.9 Å². The van der Waals surface area contributed by atoms with E-state index in [4.69, 9.17) is 4.42 Å². The minimum atomic E-state index is 0.784. The predicted molar refractivity (Wildman–Crippen MR) is 84.7 cm³/mol. The van der Waals surface area contributed by atoms with Crippen molar-refractivity contribution in [3.63, 3.8) is 0 Å². The monoisotopic (exact) mass is 337 g/mol. The fourth-order valence-corrected chi connectivity index (χ4v) is 2.46. The molecule has 0 saturated heterocycles. The number of furan rings is 1. The maximum atomic E-state index is 5.11. The molecule has 0 aliphatic heterocycles. The van der Waals surface area contributed by atoms with Crippen LogP contribution in [0.3, 0.4) is 0 Å². The molecule has 2 aromatic rings. The van der Waals surface area contributed by atoms with Crippen LogP contribution in [-0.4, -0.2) is 18.6 Å². The Morgan fingerprint density at radius 1 is 1.45 bits per heavy atom. The van der Waals surface area contributed by atoms with E-state index in [-0.39, 0.29) is 0 Å². The molecule has 20 heavy (non-hydrogen) atoms. The highest BCUT2D eigenvalue weighted by Gasteiger charge is 2.10. The lowest BCUT2D eigenvalue weighted by Gasteiger charge is -2.21. The van der Waals surface area contributed by atoms with Gasteiger partial charge < -0.3 is 14.6 Å². The van der Waals surface area contributed by atoms with Crippen molar-refractivity contribution in [2.24, 2.45) is 0 Å². The number of pyridine rings is 1. The zero-order valence-electron chi connectivity index (χ0n) is 11.9. The molecule has 0 aliphatic carbocycles. The van der Waals surface area contributed by atoms with Gasteiger partial charge in [-0.05, 0) is 41.0 Å². The normalized spacial score (nSPS) is 10.8. The van der Waals surface area contributed by atoms with Crippen LogP contribution in [0.2, 0.25) is 0 Å². The van der Waals surface area contributed by atoms with E-state index in [9.17, 15) is 0 Å². The summed E-state index contributed by atoms with van der Waals surface area (Å²) in [5.41, 5.74) is 2.34. The Labute approximate surface area is 128 Å². The number of hydrogen-bond acceptors (Lipinski definition) is 4. The number of anilines is 1. The second kappa shape index (κ2) is 7.45. The highest BCUT2D eigenvalue weighted by Crippen LogP contribution is 2.22. The van der Waals surface area contributed by atoms with Crippen LogP contribution in [0.25, 0.3) is 0 Å². The predicted octanol–water partition coefficient (Wildman–Crippen LogP) is 3.57. The molecule has 0 aromatic carbocycles. The third kappa shape index (κ3) is 4.08. The van der Waals surface area contributed by atoms with Gasteiger partial charge in [-0.15, -0.1) is 0 Å². The standard InChI is InChI=1S/C15H20BrN3O/c1-3-5-17-8-13-7-14(16)9-18-15(13)19(2)10-12-4-6-20-11-12/h4,6-7,9,11,17H,3,5,8,10H2,1-2H3. The van der Waals surface area contributed by atoms with Crippen molar-refractivity contribution >= 4 is 21.7 Å². The summed E-state index contributed by atoms with van der Waals surface area (Å²) in [5, 5.41) is 3.43. The number of aromatic nitrogens is 1. The van der Waals surface area contributed by atoms with Crippen molar-refractivity contribution < 1.29 is 4.42 Å². The first-order chi connectivity index (χ1) is 9.70. The van der Waals surface area contributed by atoms with Gasteiger partial charge in [0.25, 0.3) is 0 Å². The first-order valence-electron chi connectivity index (χ1n) is 6.78. The van der Waals surface area contributed by atoms with Gasteiger partial charge in [0.15, 0.2) is 0 Å². The average Bonchev–Trinajstić information content (AvgIpc) is 2.92. The van der Waals surface area contributed by atoms with Crippen LogP contribution in [0.5, 0.6) is 0 Å². The largest absolute Gasteiger partial charge is 0.472 e. The molecule has 0 atom stereocenters. The van der Waals surface area contributed by atoms with Crippen molar-refractivity contribution in [3.8, 4) is 0 Å². The summed E-state index contributed by atoms with van der Waals surface area (Å²) in [6.07, 6.45) is 6.43. The molecular formula is C15H20BrN3O. The Kier molecular flexibility index (Phi) is 5.61. The summed E-state index contributed by atoms with van der Waals surface area (Å²) >= 11 is 3.49. The van der Waals surface area contributed by atoms with Gasteiger partial charge in [0.2, 0.25) is 0 Å². The van der Waals surface area contributed by atoms with Crippen molar-refractivity contribution in [2.45, 2.75) is 26.4 Å². The van der Waals surface area contributed by atoms with Crippen molar-refractivity contribution in [2.75, 3.05) is 18.5 Å². The number of hydrogen-bond donors (Lipinski definition) is 1. The Hall–Kier alpha value is -1.33. The fraction of sp³-hybridized carbons (Fsp3) is 0.400. The van der Waals surface area contributed by atoms with Crippen molar-refractivity contribution in [3.05, 3.63) is 46.5 Å². The Balaban J connectivity index is 2.12. The second-order valence-electron chi connectivity index (χ2n) is 4.80. The van der Waals surface area contributed by atoms with E-state index < -0.39 is 0 Å². The molecule has 0 fully saturated rings. The van der Waals surface area contributed by atoms with E-state index in [1.807, 2.05) is 19.3 Å². The molecule has 0 saturated carbocycles. The zero-order chi connectivity index (χ0) is 14.4. The van der Waals surface area contributed by atoms with E-state index in [1.165, 1.54) is 5.56 Å². The van der Waals surface area contributed by atoms with E-state index in [2.05, 4.69) is 44.1 Å². The summed E-state index contributed by atoms with van der Waals surface area (Å²) in [4.78, 5) is 6.69. The summed E-state index contributed by atoms with van der Waals surface area (Å²) in [5.74, 6) is 0.998.